The van der Waals surface area contributed by atoms with Crippen LogP contribution in [0.15, 0.2) is 24.3 Å². The molecule has 0 aromatic heterocycles. The van der Waals surface area contributed by atoms with Gasteiger partial charge in [-0.2, -0.15) is 0 Å². The minimum Gasteiger partial charge on any atom is -0.497 e. The first-order valence-electron chi connectivity index (χ1n) is 9.20. The summed E-state index contributed by atoms with van der Waals surface area (Å²) in [6, 6.07) is 7.91. The number of likely N-dealkylation sites (tertiary alicyclic amines) is 2. The molecule has 2 saturated heterocycles. The van der Waals surface area contributed by atoms with Gasteiger partial charge in [-0.05, 0) is 63.0 Å². The summed E-state index contributed by atoms with van der Waals surface area (Å²) in [5.41, 5.74) is 0.824. The first kappa shape index (κ1) is 17.1. The number of hydrogen-bond donors (Lipinski definition) is 1. The highest BCUT2D eigenvalue weighted by molar-refractivity contribution is 5.89. The maximum absolute atomic E-state index is 12.8. The van der Waals surface area contributed by atoms with Crippen LogP contribution in [-0.4, -0.2) is 55.2 Å². The number of rotatable bonds is 4. The molecule has 1 aromatic rings. The number of carbonyl (C=O) groups is 1. The third-order valence-corrected chi connectivity index (χ3v) is 5.15. The van der Waals surface area contributed by atoms with Gasteiger partial charge in [-0.15, -0.1) is 0 Å². The lowest BCUT2D eigenvalue weighted by Crippen LogP contribution is -2.47. The molecule has 24 heavy (non-hydrogen) atoms. The second-order valence-corrected chi connectivity index (χ2v) is 6.86. The number of amides is 2. The highest BCUT2D eigenvalue weighted by Gasteiger charge is 2.28. The first-order chi connectivity index (χ1) is 11.8. The van der Waals surface area contributed by atoms with Crippen molar-refractivity contribution < 1.29 is 9.53 Å². The van der Waals surface area contributed by atoms with Crippen LogP contribution in [0.3, 0.4) is 0 Å². The van der Waals surface area contributed by atoms with Gasteiger partial charge >= 0.3 is 6.03 Å². The molecule has 0 aliphatic carbocycles. The predicted octanol–water partition coefficient (Wildman–Crippen LogP) is 3.57. The van der Waals surface area contributed by atoms with Crippen molar-refractivity contribution in [3.63, 3.8) is 0 Å². The van der Waals surface area contributed by atoms with Gasteiger partial charge in [0.15, 0.2) is 0 Å². The minimum absolute atomic E-state index is 0.0336. The molecular weight excluding hydrogens is 302 g/mol. The fourth-order valence-corrected chi connectivity index (χ4v) is 3.77. The molecule has 0 bridgehead atoms. The average molecular weight is 331 g/mol. The van der Waals surface area contributed by atoms with E-state index in [2.05, 4.69) is 15.1 Å². The second kappa shape index (κ2) is 8.38. The van der Waals surface area contributed by atoms with Crippen LogP contribution >= 0.6 is 0 Å². The van der Waals surface area contributed by atoms with Crippen LogP contribution in [0.4, 0.5) is 10.5 Å². The van der Waals surface area contributed by atoms with E-state index in [1.807, 2.05) is 24.3 Å². The number of nitrogens with zero attached hydrogens (tertiary/aromatic N) is 2. The van der Waals surface area contributed by atoms with E-state index in [9.17, 15) is 4.79 Å². The molecule has 2 amide bonds. The van der Waals surface area contributed by atoms with Crippen molar-refractivity contribution in [3.05, 3.63) is 24.3 Å². The SMILES string of the molecule is COc1ccc(NC(=O)N2CCCCCC2CN2CCCC2)cc1. The molecule has 0 spiro atoms. The molecule has 1 atom stereocenters. The molecule has 2 heterocycles. The molecule has 5 heteroatoms. The Balaban J connectivity index is 1.64. The Bertz CT molecular complexity index is 526. The number of carbonyl (C=O) groups excluding carboxylic acids is 1. The Hall–Kier alpha value is -1.75. The molecule has 2 aliphatic rings. The summed E-state index contributed by atoms with van der Waals surface area (Å²) in [6.07, 6.45) is 7.27. The van der Waals surface area contributed by atoms with E-state index in [4.69, 9.17) is 4.74 Å². The zero-order chi connectivity index (χ0) is 16.8. The Morgan fingerprint density at radius 1 is 1.08 bits per heavy atom. The number of nitrogens with one attached hydrogen (secondary N) is 1. The van der Waals surface area contributed by atoms with Crippen molar-refractivity contribution >= 4 is 11.7 Å². The van der Waals surface area contributed by atoms with Gasteiger partial charge in [-0.25, -0.2) is 4.79 Å². The average Bonchev–Trinajstić information content (AvgIpc) is 3.00. The molecule has 0 radical (unpaired) electrons. The molecule has 0 saturated carbocycles. The van der Waals surface area contributed by atoms with Gasteiger partial charge in [0.1, 0.15) is 5.75 Å². The second-order valence-electron chi connectivity index (χ2n) is 6.86. The molecular formula is C19H29N3O2. The van der Waals surface area contributed by atoms with Crippen LogP contribution < -0.4 is 10.1 Å². The standard InChI is InChI=1S/C19H29N3O2/c1-24-18-10-8-16(9-11-18)20-19(23)22-14-4-2-3-7-17(22)15-21-12-5-6-13-21/h8-11,17H,2-7,12-15H2,1H3,(H,20,23). The number of hydrogen-bond acceptors (Lipinski definition) is 3. The predicted molar refractivity (Wildman–Crippen MR) is 96.6 cm³/mol. The minimum atomic E-state index is 0.0336. The Morgan fingerprint density at radius 3 is 2.50 bits per heavy atom. The summed E-state index contributed by atoms with van der Waals surface area (Å²) in [5.74, 6) is 0.801. The smallest absolute Gasteiger partial charge is 0.322 e. The number of urea groups is 1. The normalized spacial score (nSPS) is 22.2. The van der Waals surface area contributed by atoms with Crippen molar-refractivity contribution in [1.82, 2.24) is 9.80 Å². The fraction of sp³-hybridized carbons (Fsp3) is 0.632. The lowest BCUT2D eigenvalue weighted by molar-refractivity contribution is 0.164. The molecule has 2 fully saturated rings. The number of anilines is 1. The van der Waals surface area contributed by atoms with Gasteiger partial charge in [0.05, 0.1) is 7.11 Å². The van der Waals surface area contributed by atoms with Crippen LogP contribution in [0, 0.1) is 0 Å². The number of benzene rings is 1. The molecule has 1 N–H and O–H groups in total. The van der Waals surface area contributed by atoms with Crippen LogP contribution in [0.1, 0.15) is 38.5 Å². The molecule has 1 unspecified atom stereocenters. The van der Waals surface area contributed by atoms with Crippen LogP contribution in [-0.2, 0) is 0 Å². The van der Waals surface area contributed by atoms with Gasteiger partial charge in [0.25, 0.3) is 0 Å². The highest BCUT2D eigenvalue weighted by atomic mass is 16.5. The van der Waals surface area contributed by atoms with Crippen LogP contribution in [0.25, 0.3) is 0 Å². The van der Waals surface area contributed by atoms with E-state index in [1.54, 1.807) is 7.11 Å². The largest absolute Gasteiger partial charge is 0.497 e. The van der Waals surface area contributed by atoms with E-state index in [0.29, 0.717) is 6.04 Å². The van der Waals surface area contributed by atoms with Crippen LogP contribution in [0.5, 0.6) is 5.75 Å². The van der Waals surface area contributed by atoms with Gasteiger partial charge in [-0.3, -0.25) is 0 Å². The molecule has 3 rings (SSSR count). The van der Waals surface area contributed by atoms with Gasteiger partial charge in [0.2, 0.25) is 0 Å². The number of methoxy groups -OCH3 is 1. The monoisotopic (exact) mass is 331 g/mol. The quantitative estimate of drug-likeness (QED) is 0.917. The maximum Gasteiger partial charge on any atom is 0.322 e. The number of ether oxygens (including phenoxy) is 1. The van der Waals surface area contributed by atoms with E-state index >= 15 is 0 Å². The summed E-state index contributed by atoms with van der Waals surface area (Å²) < 4.78 is 5.17. The fourth-order valence-electron chi connectivity index (χ4n) is 3.77. The topological polar surface area (TPSA) is 44.8 Å². The highest BCUT2D eigenvalue weighted by Crippen LogP contribution is 2.22. The summed E-state index contributed by atoms with van der Waals surface area (Å²) in [7, 11) is 1.65. The summed E-state index contributed by atoms with van der Waals surface area (Å²) >= 11 is 0. The Kier molecular flexibility index (Phi) is 5.96. The van der Waals surface area contributed by atoms with E-state index in [-0.39, 0.29) is 6.03 Å². The van der Waals surface area contributed by atoms with E-state index in [0.717, 1.165) is 37.4 Å². The van der Waals surface area contributed by atoms with Crippen molar-refractivity contribution in [3.8, 4) is 5.75 Å². The summed E-state index contributed by atoms with van der Waals surface area (Å²) in [5, 5.41) is 3.06. The third-order valence-electron chi connectivity index (χ3n) is 5.15. The lowest BCUT2D eigenvalue weighted by atomic mass is 10.1. The first-order valence-corrected chi connectivity index (χ1v) is 9.20. The third kappa shape index (κ3) is 4.41. The molecule has 1 aromatic carbocycles. The van der Waals surface area contributed by atoms with Crippen molar-refractivity contribution in [2.75, 3.05) is 38.6 Å². The molecule has 132 valence electrons. The zero-order valence-corrected chi connectivity index (χ0v) is 14.7. The van der Waals surface area contributed by atoms with E-state index in [1.165, 1.54) is 38.8 Å². The zero-order valence-electron chi connectivity index (χ0n) is 14.7. The van der Waals surface area contributed by atoms with E-state index < -0.39 is 0 Å². The summed E-state index contributed by atoms with van der Waals surface area (Å²) in [4.78, 5) is 17.4. The summed E-state index contributed by atoms with van der Waals surface area (Å²) in [6.45, 7) is 4.26. The van der Waals surface area contributed by atoms with Crippen molar-refractivity contribution in [2.45, 2.75) is 44.6 Å². The van der Waals surface area contributed by atoms with Crippen LogP contribution in [0.2, 0.25) is 0 Å². The maximum atomic E-state index is 12.8. The van der Waals surface area contributed by atoms with Crippen molar-refractivity contribution in [2.24, 2.45) is 0 Å². The lowest BCUT2D eigenvalue weighted by Gasteiger charge is -2.33. The van der Waals surface area contributed by atoms with Crippen molar-refractivity contribution in [1.29, 1.82) is 0 Å². The molecule has 5 nitrogen and oxygen atoms in total. The molecule has 2 aliphatic heterocycles. The van der Waals surface area contributed by atoms with Gasteiger partial charge in [-0.1, -0.05) is 12.8 Å². The van der Waals surface area contributed by atoms with Gasteiger partial charge < -0.3 is 19.9 Å². The Labute approximate surface area is 145 Å². The Morgan fingerprint density at radius 2 is 1.79 bits per heavy atom. The van der Waals surface area contributed by atoms with Gasteiger partial charge in [0, 0.05) is 24.8 Å².